The van der Waals surface area contributed by atoms with E-state index in [0.717, 1.165) is 4.88 Å². The summed E-state index contributed by atoms with van der Waals surface area (Å²) in [5, 5.41) is 6.19. The number of alkyl halides is 3. The number of nitrogens with one attached hydrogen (secondary N) is 2. The molecule has 11 nitrogen and oxygen atoms in total. The van der Waals surface area contributed by atoms with Crippen LogP contribution in [0.1, 0.15) is 23.3 Å². The molecule has 2 saturated heterocycles. The normalized spacial score (nSPS) is 18.2. The Labute approximate surface area is 210 Å². The zero-order chi connectivity index (χ0) is 25.9. The van der Waals surface area contributed by atoms with Gasteiger partial charge in [0.15, 0.2) is 15.0 Å². The second kappa shape index (κ2) is 10.6. The number of thiazole rings is 1. The standard InChI is InChI=1S/C20H26F3N7O4S2/c1-13-15(28-18(35-13)29-7-10-36(32,33)11-8-29)26-17-25-12-14(20(21,22)23)16(27-17)24-4-2-5-30-6-3-9-34-19(30)31/h12H,2-11H2,1H3,(H2,24,25,26,27). The molecule has 0 radical (unpaired) electrons. The smallest absolute Gasteiger partial charge is 0.421 e. The number of hydrogen-bond acceptors (Lipinski definition) is 11. The molecule has 2 aromatic heterocycles. The summed E-state index contributed by atoms with van der Waals surface area (Å²) >= 11 is 1.35. The van der Waals surface area contributed by atoms with Crippen LogP contribution in [0.5, 0.6) is 0 Å². The average Bonchev–Trinajstić information content (AvgIpc) is 3.17. The number of nitrogens with zero attached hydrogens (tertiary/aromatic N) is 5. The molecule has 1 amide bonds. The van der Waals surface area contributed by atoms with Crippen molar-refractivity contribution in [2.45, 2.75) is 25.9 Å². The summed E-state index contributed by atoms with van der Waals surface area (Å²) in [6.07, 6.45) is -3.25. The molecule has 2 N–H and O–H groups in total. The highest BCUT2D eigenvalue weighted by atomic mass is 32.2. The van der Waals surface area contributed by atoms with Crippen LogP contribution in [-0.2, 0) is 20.8 Å². The van der Waals surface area contributed by atoms with Crippen LogP contribution in [0, 0.1) is 6.92 Å². The zero-order valence-electron chi connectivity index (χ0n) is 19.5. The molecule has 0 spiro atoms. The molecule has 0 bridgehead atoms. The number of anilines is 4. The lowest BCUT2D eigenvalue weighted by atomic mass is 10.3. The van der Waals surface area contributed by atoms with E-state index in [9.17, 15) is 26.4 Å². The Kier molecular flexibility index (Phi) is 7.73. The van der Waals surface area contributed by atoms with Crippen molar-refractivity contribution in [2.24, 2.45) is 0 Å². The quantitative estimate of drug-likeness (QED) is 0.474. The Hall–Kier alpha value is -2.88. The molecular formula is C20H26F3N7O4S2. The minimum Gasteiger partial charge on any atom is -0.449 e. The average molecular weight is 550 g/mol. The van der Waals surface area contributed by atoms with Gasteiger partial charge in [0.2, 0.25) is 5.95 Å². The van der Waals surface area contributed by atoms with Gasteiger partial charge in [0.1, 0.15) is 17.2 Å². The largest absolute Gasteiger partial charge is 0.449 e. The van der Waals surface area contributed by atoms with Crippen LogP contribution >= 0.6 is 11.3 Å². The molecule has 0 atom stereocenters. The molecule has 0 aliphatic carbocycles. The van der Waals surface area contributed by atoms with Gasteiger partial charge < -0.3 is 25.2 Å². The summed E-state index contributed by atoms with van der Waals surface area (Å²) in [6, 6.07) is 0. The molecule has 0 saturated carbocycles. The highest BCUT2D eigenvalue weighted by molar-refractivity contribution is 7.91. The summed E-state index contributed by atoms with van der Waals surface area (Å²) < 4.78 is 68.9. The number of aryl methyl sites for hydroxylation is 1. The fraction of sp³-hybridized carbons (Fsp3) is 0.600. The van der Waals surface area contributed by atoms with Crippen LogP contribution in [0.2, 0.25) is 0 Å². The van der Waals surface area contributed by atoms with Gasteiger partial charge in [-0.05, 0) is 19.8 Å². The molecule has 4 rings (SSSR count). The minimum atomic E-state index is -4.66. The number of cyclic esters (lactones) is 1. The predicted octanol–water partition coefficient (Wildman–Crippen LogP) is 2.88. The maximum Gasteiger partial charge on any atom is 0.421 e. The summed E-state index contributed by atoms with van der Waals surface area (Å²) in [4.78, 5) is 28.1. The Morgan fingerprint density at radius 3 is 2.61 bits per heavy atom. The topological polar surface area (TPSA) is 130 Å². The number of halogens is 3. The van der Waals surface area contributed by atoms with Crippen molar-refractivity contribution in [1.82, 2.24) is 19.9 Å². The van der Waals surface area contributed by atoms with Gasteiger partial charge in [0.25, 0.3) is 0 Å². The third-order valence-corrected chi connectivity index (χ3v) is 8.32. The van der Waals surface area contributed by atoms with Crippen molar-refractivity contribution >= 4 is 50.0 Å². The van der Waals surface area contributed by atoms with Crippen LogP contribution in [0.15, 0.2) is 6.20 Å². The molecule has 4 heterocycles. The first-order chi connectivity index (χ1) is 17.0. The molecule has 2 aromatic rings. The summed E-state index contributed by atoms with van der Waals surface area (Å²) in [5.41, 5.74) is -1.00. The van der Waals surface area contributed by atoms with Gasteiger partial charge in [-0.1, -0.05) is 11.3 Å². The SMILES string of the molecule is Cc1sc(N2CCS(=O)(=O)CC2)nc1Nc1ncc(C(F)(F)F)c(NCCCN2CCCOC2=O)n1. The van der Waals surface area contributed by atoms with Crippen LogP contribution in [0.4, 0.5) is 40.7 Å². The van der Waals surface area contributed by atoms with Gasteiger partial charge >= 0.3 is 12.3 Å². The molecule has 0 aromatic carbocycles. The van der Waals surface area contributed by atoms with Crippen LogP contribution in [-0.4, -0.2) is 85.2 Å². The lowest BCUT2D eigenvalue weighted by Gasteiger charge is -2.26. The van der Waals surface area contributed by atoms with E-state index in [1.54, 1.807) is 6.92 Å². The van der Waals surface area contributed by atoms with Gasteiger partial charge in [0, 0.05) is 43.8 Å². The first-order valence-electron chi connectivity index (χ1n) is 11.3. The highest BCUT2D eigenvalue weighted by Crippen LogP contribution is 2.35. The van der Waals surface area contributed by atoms with Crippen molar-refractivity contribution in [3.8, 4) is 0 Å². The highest BCUT2D eigenvalue weighted by Gasteiger charge is 2.35. The van der Waals surface area contributed by atoms with Gasteiger partial charge in [0.05, 0.1) is 18.1 Å². The molecule has 198 valence electrons. The maximum absolute atomic E-state index is 13.5. The number of ether oxygens (including phenoxy) is 1. The fourth-order valence-corrected chi connectivity index (χ4v) is 5.82. The Bertz CT molecular complexity index is 1190. The maximum atomic E-state index is 13.5. The molecule has 2 fully saturated rings. The number of aromatic nitrogens is 3. The number of rotatable bonds is 8. The van der Waals surface area contributed by atoms with E-state index in [1.165, 1.54) is 16.2 Å². The van der Waals surface area contributed by atoms with E-state index in [2.05, 4.69) is 25.6 Å². The third-order valence-electron chi connectivity index (χ3n) is 5.68. The number of carbonyl (C=O) groups is 1. The van der Waals surface area contributed by atoms with Gasteiger partial charge in [-0.25, -0.2) is 23.2 Å². The van der Waals surface area contributed by atoms with Gasteiger partial charge in [-0.3, -0.25) is 0 Å². The third kappa shape index (κ3) is 6.46. The van der Waals surface area contributed by atoms with Crippen LogP contribution < -0.4 is 15.5 Å². The van der Waals surface area contributed by atoms with Gasteiger partial charge in [-0.2, -0.15) is 18.2 Å². The van der Waals surface area contributed by atoms with E-state index in [0.29, 0.717) is 62.8 Å². The Balaban J connectivity index is 1.43. The van der Waals surface area contributed by atoms with E-state index in [4.69, 9.17) is 4.74 Å². The number of sulfone groups is 1. The number of hydrogen-bond donors (Lipinski definition) is 2. The van der Waals surface area contributed by atoms with E-state index >= 15 is 0 Å². The zero-order valence-corrected chi connectivity index (χ0v) is 21.1. The van der Waals surface area contributed by atoms with Gasteiger partial charge in [-0.15, -0.1) is 0 Å². The summed E-state index contributed by atoms with van der Waals surface area (Å²) in [6.45, 7) is 3.88. The number of carbonyl (C=O) groups excluding carboxylic acids is 1. The molecule has 2 aliphatic rings. The second-order valence-corrected chi connectivity index (χ2v) is 11.8. The monoisotopic (exact) mass is 549 g/mol. The number of amides is 1. The first kappa shape index (κ1) is 26.2. The lowest BCUT2D eigenvalue weighted by Crippen LogP contribution is -2.40. The van der Waals surface area contributed by atoms with Crippen molar-refractivity contribution in [3.63, 3.8) is 0 Å². The van der Waals surface area contributed by atoms with Crippen molar-refractivity contribution < 1.29 is 31.1 Å². The molecule has 2 aliphatic heterocycles. The Morgan fingerprint density at radius 2 is 1.92 bits per heavy atom. The summed E-state index contributed by atoms with van der Waals surface area (Å²) in [5.74, 6) is 0.0361. The second-order valence-electron chi connectivity index (χ2n) is 8.35. The minimum absolute atomic E-state index is 0.0460. The van der Waals surface area contributed by atoms with E-state index < -0.39 is 27.7 Å². The molecule has 0 unspecified atom stereocenters. The van der Waals surface area contributed by atoms with Crippen molar-refractivity contribution in [2.75, 3.05) is 66.4 Å². The van der Waals surface area contributed by atoms with E-state index in [1.807, 2.05) is 4.90 Å². The Morgan fingerprint density at radius 1 is 1.17 bits per heavy atom. The van der Waals surface area contributed by atoms with E-state index in [-0.39, 0.29) is 29.8 Å². The van der Waals surface area contributed by atoms with Crippen LogP contribution in [0.3, 0.4) is 0 Å². The van der Waals surface area contributed by atoms with Crippen LogP contribution in [0.25, 0.3) is 0 Å². The lowest BCUT2D eigenvalue weighted by molar-refractivity contribution is -0.137. The summed E-state index contributed by atoms with van der Waals surface area (Å²) in [7, 11) is -3.04. The predicted molar refractivity (Wildman–Crippen MR) is 129 cm³/mol. The molecule has 16 heteroatoms. The molecular weight excluding hydrogens is 523 g/mol. The fourth-order valence-electron chi connectivity index (χ4n) is 3.70. The first-order valence-corrected chi connectivity index (χ1v) is 14.0. The molecule has 36 heavy (non-hydrogen) atoms. The van der Waals surface area contributed by atoms with Crippen molar-refractivity contribution in [3.05, 3.63) is 16.6 Å². The van der Waals surface area contributed by atoms with Crippen molar-refractivity contribution in [1.29, 1.82) is 0 Å².